The monoisotopic (exact) mass is 238 g/mol. The van der Waals surface area contributed by atoms with Crippen molar-refractivity contribution in [2.75, 3.05) is 13.2 Å². The first-order valence-electron chi connectivity index (χ1n) is 6.89. The van der Waals surface area contributed by atoms with Crippen LogP contribution in [0.4, 0.5) is 0 Å². The van der Waals surface area contributed by atoms with Crippen molar-refractivity contribution in [3.8, 4) is 12.0 Å². The third-order valence-corrected chi connectivity index (χ3v) is 3.14. The number of hydrogen-bond acceptors (Lipinski definition) is 2. The van der Waals surface area contributed by atoms with Gasteiger partial charge in [-0.1, -0.05) is 32.1 Å². The summed E-state index contributed by atoms with van der Waals surface area (Å²) in [6, 6.07) is 0. The number of unbranched alkanes of at least 4 members (excludes halogenated alkanes) is 2. The van der Waals surface area contributed by atoms with Crippen LogP contribution in [0.3, 0.4) is 0 Å². The molecule has 1 aliphatic rings. The van der Waals surface area contributed by atoms with Gasteiger partial charge >= 0.3 is 0 Å². The molecule has 0 aromatic rings. The molecule has 0 radical (unpaired) electrons. The van der Waals surface area contributed by atoms with E-state index in [9.17, 15) is 0 Å². The molecule has 0 saturated carbocycles. The van der Waals surface area contributed by atoms with Crippen LogP contribution in [0.15, 0.2) is 0 Å². The summed E-state index contributed by atoms with van der Waals surface area (Å²) in [5, 5.41) is 0. The third-order valence-electron chi connectivity index (χ3n) is 3.14. The largest absolute Gasteiger partial charge is 0.441 e. The molecule has 0 spiro atoms. The molecule has 1 heterocycles. The standard InChI is InChI=1S/C15H26O2/c1-4-5-6-9-15(2,3)10-12-17-14-8-7-11-16-13-14/h14H,4-9,11,13H2,1-3H3. The predicted molar refractivity (Wildman–Crippen MR) is 70.6 cm³/mol. The van der Waals surface area contributed by atoms with Gasteiger partial charge in [-0.3, -0.25) is 0 Å². The smallest absolute Gasteiger partial charge is 0.134 e. The minimum Gasteiger partial charge on any atom is -0.441 e. The second-order valence-corrected chi connectivity index (χ2v) is 5.53. The normalized spacial score (nSPS) is 20.5. The molecule has 2 heteroatoms. The molecule has 1 rings (SSSR count). The highest BCUT2D eigenvalue weighted by Gasteiger charge is 2.16. The van der Waals surface area contributed by atoms with Crippen molar-refractivity contribution in [2.24, 2.45) is 5.41 Å². The quantitative estimate of drug-likeness (QED) is 0.536. The van der Waals surface area contributed by atoms with Crippen LogP contribution in [-0.2, 0) is 9.47 Å². The van der Waals surface area contributed by atoms with Crippen molar-refractivity contribution in [2.45, 2.75) is 65.4 Å². The maximum atomic E-state index is 5.54. The topological polar surface area (TPSA) is 18.5 Å². The highest BCUT2D eigenvalue weighted by molar-refractivity contribution is 5.04. The van der Waals surface area contributed by atoms with Crippen molar-refractivity contribution >= 4 is 0 Å². The first kappa shape index (κ1) is 14.4. The van der Waals surface area contributed by atoms with E-state index < -0.39 is 0 Å². The van der Waals surface area contributed by atoms with Crippen molar-refractivity contribution in [3.05, 3.63) is 0 Å². The van der Waals surface area contributed by atoms with E-state index in [2.05, 4.69) is 32.8 Å². The van der Waals surface area contributed by atoms with Gasteiger partial charge in [-0.25, -0.2) is 0 Å². The minimum absolute atomic E-state index is 0.0741. The van der Waals surface area contributed by atoms with E-state index in [1.54, 1.807) is 0 Å². The molecule has 1 saturated heterocycles. The Labute approximate surface area is 106 Å². The Kier molecular flexibility index (Phi) is 6.44. The zero-order valence-electron chi connectivity index (χ0n) is 11.6. The molecular formula is C15H26O2. The van der Waals surface area contributed by atoms with Gasteiger partial charge < -0.3 is 9.47 Å². The first-order chi connectivity index (χ1) is 8.14. The Hall–Kier alpha value is -0.680. The molecule has 0 N–H and O–H groups in total. The number of rotatable bonds is 5. The molecular weight excluding hydrogens is 212 g/mol. The molecule has 0 aromatic carbocycles. The minimum atomic E-state index is 0.0741. The van der Waals surface area contributed by atoms with Gasteiger partial charge in [0.1, 0.15) is 12.2 Å². The van der Waals surface area contributed by atoms with Gasteiger partial charge in [-0.15, -0.1) is 0 Å². The summed E-state index contributed by atoms with van der Waals surface area (Å²) < 4.78 is 10.9. The summed E-state index contributed by atoms with van der Waals surface area (Å²) in [4.78, 5) is 0. The molecule has 1 aliphatic heterocycles. The highest BCUT2D eigenvalue weighted by Crippen LogP contribution is 2.22. The van der Waals surface area contributed by atoms with Crippen LogP contribution in [0, 0.1) is 17.4 Å². The molecule has 0 aliphatic carbocycles. The van der Waals surface area contributed by atoms with Crippen LogP contribution in [-0.4, -0.2) is 19.3 Å². The molecule has 0 amide bonds. The van der Waals surface area contributed by atoms with Gasteiger partial charge in [0.25, 0.3) is 0 Å². The molecule has 1 fully saturated rings. The zero-order chi connectivity index (χ0) is 12.6. The van der Waals surface area contributed by atoms with Gasteiger partial charge in [0.2, 0.25) is 0 Å². The Morgan fingerprint density at radius 3 is 2.82 bits per heavy atom. The second-order valence-electron chi connectivity index (χ2n) is 5.53. The molecule has 0 bridgehead atoms. The second kappa shape index (κ2) is 7.61. The van der Waals surface area contributed by atoms with Crippen LogP contribution in [0.25, 0.3) is 0 Å². The van der Waals surface area contributed by atoms with E-state index >= 15 is 0 Å². The third kappa shape index (κ3) is 6.58. The summed E-state index contributed by atoms with van der Waals surface area (Å²) in [5.74, 6) is 3.24. The molecule has 2 nitrogen and oxygen atoms in total. The Morgan fingerprint density at radius 2 is 2.18 bits per heavy atom. The van der Waals surface area contributed by atoms with Crippen molar-refractivity contribution < 1.29 is 9.47 Å². The summed E-state index contributed by atoms with van der Waals surface area (Å²) in [7, 11) is 0. The maximum absolute atomic E-state index is 5.54. The summed E-state index contributed by atoms with van der Waals surface area (Å²) in [5.41, 5.74) is 0.0741. The average Bonchev–Trinajstić information content (AvgIpc) is 2.30. The van der Waals surface area contributed by atoms with Crippen LogP contribution in [0.5, 0.6) is 0 Å². The van der Waals surface area contributed by atoms with Gasteiger partial charge in [0.05, 0.1) is 6.61 Å². The number of ether oxygens (including phenoxy) is 2. The molecule has 0 aromatic heterocycles. The van der Waals surface area contributed by atoms with E-state index in [0.29, 0.717) is 6.61 Å². The number of hydrogen-bond donors (Lipinski definition) is 0. The van der Waals surface area contributed by atoms with E-state index in [-0.39, 0.29) is 11.5 Å². The first-order valence-corrected chi connectivity index (χ1v) is 6.89. The fourth-order valence-corrected chi connectivity index (χ4v) is 1.93. The Balaban J connectivity index is 2.25. The maximum Gasteiger partial charge on any atom is 0.134 e. The van der Waals surface area contributed by atoms with Gasteiger partial charge in [0, 0.05) is 12.0 Å². The summed E-state index contributed by atoms with van der Waals surface area (Å²) in [6.45, 7) is 8.18. The molecule has 17 heavy (non-hydrogen) atoms. The van der Waals surface area contributed by atoms with Gasteiger partial charge in [-0.05, 0) is 33.1 Å². The van der Waals surface area contributed by atoms with Crippen molar-refractivity contribution in [3.63, 3.8) is 0 Å². The van der Waals surface area contributed by atoms with E-state index in [0.717, 1.165) is 25.9 Å². The van der Waals surface area contributed by atoms with E-state index in [1.165, 1.54) is 19.3 Å². The summed E-state index contributed by atoms with van der Waals surface area (Å²) in [6.07, 6.45) is 10.2. The lowest BCUT2D eigenvalue weighted by Gasteiger charge is -2.20. The van der Waals surface area contributed by atoms with Crippen LogP contribution in [0.2, 0.25) is 0 Å². The lowest BCUT2D eigenvalue weighted by atomic mass is 9.88. The molecule has 1 unspecified atom stereocenters. The zero-order valence-corrected chi connectivity index (χ0v) is 11.6. The van der Waals surface area contributed by atoms with Crippen molar-refractivity contribution in [1.29, 1.82) is 0 Å². The SMILES string of the molecule is CCCCCC(C)(C)C#COC1CCCOC1. The average molecular weight is 238 g/mol. The van der Waals surface area contributed by atoms with Gasteiger partial charge in [-0.2, -0.15) is 0 Å². The fourth-order valence-electron chi connectivity index (χ4n) is 1.93. The lowest BCUT2D eigenvalue weighted by Crippen LogP contribution is -2.24. The predicted octanol–water partition coefficient (Wildman–Crippen LogP) is 3.75. The fraction of sp³-hybridized carbons (Fsp3) is 0.867. The van der Waals surface area contributed by atoms with Crippen molar-refractivity contribution in [1.82, 2.24) is 0 Å². The van der Waals surface area contributed by atoms with Gasteiger partial charge in [0.15, 0.2) is 0 Å². The molecule has 1 atom stereocenters. The Bertz CT molecular complexity index is 254. The van der Waals surface area contributed by atoms with Crippen LogP contribution < -0.4 is 0 Å². The van der Waals surface area contributed by atoms with E-state index in [1.807, 2.05) is 0 Å². The van der Waals surface area contributed by atoms with Crippen LogP contribution in [0.1, 0.15) is 59.3 Å². The van der Waals surface area contributed by atoms with Crippen LogP contribution >= 0.6 is 0 Å². The summed E-state index contributed by atoms with van der Waals surface area (Å²) >= 11 is 0. The van der Waals surface area contributed by atoms with E-state index in [4.69, 9.17) is 9.47 Å². The highest BCUT2D eigenvalue weighted by atomic mass is 16.5. The lowest BCUT2D eigenvalue weighted by molar-refractivity contribution is -0.00593. The Morgan fingerprint density at radius 1 is 1.35 bits per heavy atom. The molecule has 98 valence electrons.